The van der Waals surface area contributed by atoms with Gasteiger partial charge in [-0.1, -0.05) is 12.1 Å². The largest absolute Gasteiger partial charge is 0.478 e. The second kappa shape index (κ2) is 5.21. The molecule has 3 amide bonds. The molecule has 1 saturated heterocycles. The molecular weight excluding hydrogens is 288 g/mol. The summed E-state index contributed by atoms with van der Waals surface area (Å²) < 4.78 is 5.56. The molecule has 1 aliphatic rings. The summed E-state index contributed by atoms with van der Waals surface area (Å²) in [5.74, 6) is -0.605. The molecule has 2 heterocycles. The number of benzene rings is 1. The maximum Gasteiger partial charge on any atom is 0.335 e. The van der Waals surface area contributed by atoms with E-state index in [2.05, 4.69) is 10.6 Å². The third-order valence-electron chi connectivity index (χ3n) is 3.05. The van der Waals surface area contributed by atoms with Crippen molar-refractivity contribution >= 4 is 24.0 Å². The van der Waals surface area contributed by atoms with Crippen LogP contribution in [0.25, 0.3) is 17.4 Å². The number of carboxylic acid groups (broad SMARTS) is 1. The van der Waals surface area contributed by atoms with Gasteiger partial charge in [0.15, 0.2) is 0 Å². The third-order valence-corrected chi connectivity index (χ3v) is 3.05. The van der Waals surface area contributed by atoms with E-state index in [1.165, 1.54) is 18.2 Å². The molecule has 0 radical (unpaired) electrons. The molecule has 7 nitrogen and oxygen atoms in total. The number of nitrogens with one attached hydrogen (secondary N) is 2. The van der Waals surface area contributed by atoms with Crippen molar-refractivity contribution in [1.82, 2.24) is 10.6 Å². The lowest BCUT2D eigenvalue weighted by molar-refractivity contribution is -0.115. The monoisotopic (exact) mass is 298 g/mol. The van der Waals surface area contributed by atoms with Crippen molar-refractivity contribution in [2.24, 2.45) is 0 Å². The lowest BCUT2D eigenvalue weighted by Gasteiger charge is -1.98. The number of carboxylic acids is 1. The minimum atomic E-state index is -1.00. The third kappa shape index (κ3) is 2.59. The van der Waals surface area contributed by atoms with Gasteiger partial charge in [-0.15, -0.1) is 0 Å². The summed E-state index contributed by atoms with van der Waals surface area (Å²) in [6.45, 7) is 0. The van der Waals surface area contributed by atoms with Crippen molar-refractivity contribution in [1.29, 1.82) is 0 Å². The molecular formula is C15H10N2O5. The summed E-state index contributed by atoms with van der Waals surface area (Å²) in [4.78, 5) is 33.2. The number of furan rings is 1. The molecule has 7 heteroatoms. The minimum absolute atomic E-state index is 0.104. The van der Waals surface area contributed by atoms with Crippen molar-refractivity contribution in [3.63, 3.8) is 0 Å². The van der Waals surface area contributed by atoms with Crippen LogP contribution in [0, 0.1) is 0 Å². The molecule has 0 unspecified atom stereocenters. The van der Waals surface area contributed by atoms with E-state index in [0.29, 0.717) is 17.1 Å². The number of aromatic carboxylic acids is 1. The number of hydrogen-bond donors (Lipinski definition) is 3. The summed E-state index contributed by atoms with van der Waals surface area (Å²) >= 11 is 0. The van der Waals surface area contributed by atoms with Crippen molar-refractivity contribution in [2.75, 3.05) is 0 Å². The van der Waals surface area contributed by atoms with Crippen molar-refractivity contribution in [2.45, 2.75) is 0 Å². The smallest absolute Gasteiger partial charge is 0.335 e. The zero-order valence-electron chi connectivity index (χ0n) is 11.1. The Kier molecular flexibility index (Phi) is 3.23. The molecule has 22 heavy (non-hydrogen) atoms. The first-order valence-corrected chi connectivity index (χ1v) is 6.30. The van der Waals surface area contributed by atoms with Gasteiger partial charge < -0.3 is 14.8 Å². The van der Waals surface area contributed by atoms with Gasteiger partial charge >= 0.3 is 12.0 Å². The van der Waals surface area contributed by atoms with E-state index in [-0.39, 0.29) is 11.3 Å². The van der Waals surface area contributed by atoms with E-state index < -0.39 is 17.9 Å². The number of carbonyl (C=O) groups is 3. The highest BCUT2D eigenvalue weighted by Gasteiger charge is 2.23. The summed E-state index contributed by atoms with van der Waals surface area (Å²) in [6.07, 6.45) is 1.41. The first-order valence-electron chi connectivity index (χ1n) is 6.30. The van der Waals surface area contributed by atoms with Gasteiger partial charge in [0.25, 0.3) is 5.91 Å². The Morgan fingerprint density at radius 1 is 1.05 bits per heavy atom. The summed E-state index contributed by atoms with van der Waals surface area (Å²) in [5.41, 5.74) is 0.990. The molecule has 1 aromatic carbocycles. The van der Waals surface area contributed by atoms with E-state index in [1.807, 2.05) is 0 Å². The van der Waals surface area contributed by atoms with E-state index in [9.17, 15) is 14.4 Å². The first kappa shape index (κ1) is 13.6. The second-order valence-electron chi connectivity index (χ2n) is 4.55. The van der Waals surface area contributed by atoms with Gasteiger partial charge in [-0.05, 0) is 24.3 Å². The summed E-state index contributed by atoms with van der Waals surface area (Å²) in [5, 5.41) is 13.3. The van der Waals surface area contributed by atoms with Crippen LogP contribution in [0.5, 0.6) is 0 Å². The molecule has 0 aliphatic carbocycles. The van der Waals surface area contributed by atoms with Crippen molar-refractivity contribution in [3.05, 3.63) is 53.4 Å². The van der Waals surface area contributed by atoms with Gasteiger partial charge in [0.1, 0.15) is 17.2 Å². The highest BCUT2D eigenvalue weighted by atomic mass is 16.4. The van der Waals surface area contributed by atoms with E-state index in [1.54, 1.807) is 24.3 Å². The summed E-state index contributed by atoms with van der Waals surface area (Å²) in [7, 11) is 0. The lowest BCUT2D eigenvalue weighted by Crippen LogP contribution is -2.22. The first-order chi connectivity index (χ1) is 10.5. The molecule has 3 N–H and O–H groups in total. The zero-order chi connectivity index (χ0) is 15.7. The Labute approximate surface area is 124 Å². The van der Waals surface area contributed by atoms with Crippen LogP contribution in [-0.2, 0) is 4.79 Å². The second-order valence-corrected chi connectivity index (χ2v) is 4.55. The fourth-order valence-corrected chi connectivity index (χ4v) is 1.99. The topological polar surface area (TPSA) is 109 Å². The molecule has 110 valence electrons. The van der Waals surface area contributed by atoms with Gasteiger partial charge in [-0.2, -0.15) is 0 Å². The lowest BCUT2D eigenvalue weighted by atomic mass is 10.1. The van der Waals surface area contributed by atoms with Gasteiger partial charge in [0.2, 0.25) is 0 Å². The maximum atomic E-state index is 11.4. The number of carbonyl (C=O) groups excluding carboxylic acids is 2. The highest BCUT2D eigenvalue weighted by molar-refractivity contribution is 6.13. The molecule has 1 fully saturated rings. The molecule has 0 saturated carbocycles. The highest BCUT2D eigenvalue weighted by Crippen LogP contribution is 2.24. The van der Waals surface area contributed by atoms with Crippen LogP contribution in [0.3, 0.4) is 0 Å². The van der Waals surface area contributed by atoms with Crippen LogP contribution in [-0.4, -0.2) is 23.0 Å². The molecule has 1 aromatic heterocycles. The Balaban J connectivity index is 1.85. The van der Waals surface area contributed by atoms with Gasteiger partial charge in [-0.3, -0.25) is 10.1 Å². The number of urea groups is 1. The average molecular weight is 298 g/mol. The van der Waals surface area contributed by atoms with Crippen LogP contribution in [0.1, 0.15) is 16.1 Å². The fraction of sp³-hybridized carbons (Fsp3) is 0. The van der Waals surface area contributed by atoms with E-state index in [4.69, 9.17) is 9.52 Å². The number of rotatable bonds is 3. The van der Waals surface area contributed by atoms with Crippen LogP contribution in [0.2, 0.25) is 0 Å². The molecule has 1 aliphatic heterocycles. The molecule has 3 rings (SSSR count). The van der Waals surface area contributed by atoms with Crippen LogP contribution in [0.15, 0.2) is 46.5 Å². The standard InChI is InChI=1S/C15H10N2O5/c18-13-11(16-15(21)17-13)7-10-5-6-12(22-10)8-1-3-9(4-2-8)14(19)20/h1-7H,(H,19,20)(H2,16,17,18,21)/b11-7-. The van der Waals surface area contributed by atoms with Crippen LogP contribution >= 0.6 is 0 Å². The quantitative estimate of drug-likeness (QED) is 0.591. The number of hydrogen-bond acceptors (Lipinski definition) is 4. The molecule has 2 aromatic rings. The Bertz CT molecular complexity index is 802. The van der Waals surface area contributed by atoms with Gasteiger partial charge in [-0.25, -0.2) is 9.59 Å². The Hall–Kier alpha value is -3.35. The Morgan fingerprint density at radius 3 is 2.36 bits per heavy atom. The normalized spacial score (nSPS) is 15.7. The summed E-state index contributed by atoms with van der Waals surface area (Å²) in [6, 6.07) is 8.97. The van der Waals surface area contributed by atoms with Crippen molar-refractivity contribution in [3.8, 4) is 11.3 Å². The zero-order valence-corrected chi connectivity index (χ0v) is 11.1. The average Bonchev–Trinajstić information content (AvgIpc) is 3.06. The predicted octanol–water partition coefficient (Wildman–Crippen LogP) is 1.83. The molecule has 0 atom stereocenters. The predicted molar refractivity (Wildman–Crippen MR) is 75.8 cm³/mol. The number of amides is 3. The Morgan fingerprint density at radius 2 is 1.77 bits per heavy atom. The van der Waals surface area contributed by atoms with E-state index in [0.717, 1.165) is 0 Å². The fourth-order valence-electron chi connectivity index (χ4n) is 1.99. The molecule has 0 bridgehead atoms. The van der Waals surface area contributed by atoms with Gasteiger partial charge in [0, 0.05) is 11.6 Å². The number of imide groups is 1. The maximum absolute atomic E-state index is 11.4. The van der Waals surface area contributed by atoms with Crippen molar-refractivity contribution < 1.29 is 23.9 Å². The van der Waals surface area contributed by atoms with Crippen LogP contribution in [0.4, 0.5) is 4.79 Å². The van der Waals surface area contributed by atoms with Crippen LogP contribution < -0.4 is 10.6 Å². The van der Waals surface area contributed by atoms with Gasteiger partial charge in [0.05, 0.1) is 5.56 Å². The van der Waals surface area contributed by atoms with E-state index >= 15 is 0 Å². The minimum Gasteiger partial charge on any atom is -0.478 e. The SMILES string of the molecule is O=C1NC(=O)/C(=C/c2ccc(-c3ccc(C(=O)O)cc3)o2)N1. The molecule has 0 spiro atoms.